The highest BCUT2D eigenvalue weighted by molar-refractivity contribution is 6.46. The number of hydrogen-bond donors (Lipinski definition) is 0. The molecule has 12 nitrogen and oxygen atoms in total. The van der Waals surface area contributed by atoms with Gasteiger partial charge in [-0.3, -0.25) is 29.6 Å². The Morgan fingerprint density at radius 2 is 1.65 bits per heavy atom. The van der Waals surface area contributed by atoms with Gasteiger partial charge in [0.25, 0.3) is 5.69 Å². The van der Waals surface area contributed by atoms with Gasteiger partial charge in [-0.1, -0.05) is 74.5 Å². The van der Waals surface area contributed by atoms with E-state index >= 15 is 0 Å². The van der Waals surface area contributed by atoms with E-state index in [2.05, 4.69) is 13.8 Å². The van der Waals surface area contributed by atoms with E-state index in [9.17, 15) is 24.5 Å². The van der Waals surface area contributed by atoms with E-state index in [1.807, 2.05) is 41.4 Å². The minimum absolute atomic E-state index is 0.0123. The smallest absolute Gasteiger partial charge is 0.414 e. The summed E-state index contributed by atoms with van der Waals surface area (Å²) in [6.45, 7) is 4.89. The molecule has 2 aliphatic heterocycles. The fraction of sp³-hybridized carbons (Fsp3) is 0.436. The van der Waals surface area contributed by atoms with Crippen LogP contribution in [0, 0.1) is 21.4 Å². The van der Waals surface area contributed by atoms with Gasteiger partial charge >= 0.3 is 12.1 Å². The van der Waals surface area contributed by atoms with Gasteiger partial charge in [0.15, 0.2) is 11.7 Å². The molecule has 1 amide bonds. The van der Waals surface area contributed by atoms with Gasteiger partial charge in [-0.15, -0.1) is 0 Å². The van der Waals surface area contributed by atoms with Crippen molar-refractivity contribution in [2.24, 2.45) is 16.4 Å². The van der Waals surface area contributed by atoms with Crippen molar-refractivity contribution in [1.29, 1.82) is 0 Å². The molecule has 12 heteroatoms. The highest BCUT2D eigenvalue weighted by Gasteiger charge is 2.51. The number of hydrazone groups is 1. The van der Waals surface area contributed by atoms with E-state index < -0.39 is 34.4 Å². The molecule has 2 fully saturated rings. The topological polar surface area (TPSA) is 141 Å². The van der Waals surface area contributed by atoms with E-state index in [-0.39, 0.29) is 53.8 Å². The summed E-state index contributed by atoms with van der Waals surface area (Å²) in [6.07, 6.45) is 3.98. The Morgan fingerprint density at radius 1 is 0.980 bits per heavy atom. The first kappa shape index (κ1) is 35.7. The maximum Gasteiger partial charge on any atom is 0.414 e. The lowest BCUT2D eigenvalue weighted by Gasteiger charge is -2.43. The Morgan fingerprint density at radius 3 is 2.27 bits per heavy atom. The van der Waals surface area contributed by atoms with Crippen molar-refractivity contribution in [2.75, 3.05) is 18.6 Å². The fourth-order valence-corrected chi connectivity index (χ4v) is 7.26. The van der Waals surface area contributed by atoms with Gasteiger partial charge in [0.05, 0.1) is 22.2 Å². The van der Waals surface area contributed by atoms with Crippen LogP contribution in [0.5, 0.6) is 0 Å². The van der Waals surface area contributed by atoms with Crippen molar-refractivity contribution >= 4 is 34.9 Å². The van der Waals surface area contributed by atoms with Gasteiger partial charge in [0.1, 0.15) is 25.2 Å². The number of rotatable bonds is 11. The van der Waals surface area contributed by atoms with Crippen molar-refractivity contribution < 1.29 is 33.5 Å². The van der Waals surface area contributed by atoms with E-state index in [4.69, 9.17) is 19.3 Å². The second-order valence-corrected chi connectivity index (χ2v) is 14.3. The molecule has 0 N–H and O–H groups in total. The molecule has 51 heavy (non-hydrogen) atoms. The molecule has 0 radical (unpaired) electrons. The number of carbonyl (C=O) groups is 3. The molecule has 1 saturated heterocycles. The van der Waals surface area contributed by atoms with Gasteiger partial charge in [0.2, 0.25) is 0 Å². The molecule has 0 bridgehead atoms. The number of anilines is 1. The number of nitro groups is 1. The zero-order valence-electron chi connectivity index (χ0n) is 29.2. The fourth-order valence-electron chi connectivity index (χ4n) is 7.26. The summed E-state index contributed by atoms with van der Waals surface area (Å²) < 4.78 is 17.2. The summed E-state index contributed by atoms with van der Waals surface area (Å²) in [4.78, 5) is 54.9. The molecule has 1 saturated carbocycles. The summed E-state index contributed by atoms with van der Waals surface area (Å²) >= 11 is 0. The lowest BCUT2D eigenvalue weighted by atomic mass is 9.68. The van der Waals surface area contributed by atoms with Crippen LogP contribution in [-0.4, -0.2) is 59.4 Å². The Bertz CT molecular complexity index is 1770. The van der Waals surface area contributed by atoms with Crippen LogP contribution < -0.4 is 4.90 Å². The predicted octanol–water partition coefficient (Wildman–Crippen LogP) is 7.16. The normalized spacial score (nSPS) is 21.5. The standard InChI is InChI=1S/C39H44N4O8/c1-39(2)20-19-30-32(23-39)42(33-16-10-11-21-49-33)40-35(30)36(44)34(37(45)50-24-26-12-6-4-7-13-26)29-18-17-28(22-31(29)43(47)48)41(3)38(46)51-25-27-14-8-5-9-15-27/h4-9,12-15,17-18,22,30,32-34H,10-11,16,19-21,23-25H2,1-3H3. The quantitative estimate of drug-likeness (QED) is 0.0884. The lowest BCUT2D eigenvalue weighted by Crippen LogP contribution is -2.47. The second kappa shape index (κ2) is 15.4. The Hall–Kier alpha value is -5.10. The van der Waals surface area contributed by atoms with E-state index in [1.165, 1.54) is 25.2 Å². The summed E-state index contributed by atoms with van der Waals surface area (Å²) in [5.41, 5.74) is 1.22. The number of esters is 1. The lowest BCUT2D eigenvalue weighted by molar-refractivity contribution is -0.385. The molecule has 6 rings (SSSR count). The number of ketones is 1. The molecular formula is C39H44N4O8. The zero-order chi connectivity index (χ0) is 36.1. The number of nitrogens with zero attached hydrogens (tertiary/aromatic N) is 4. The number of benzene rings is 3. The largest absolute Gasteiger partial charge is 0.460 e. The maximum atomic E-state index is 14.8. The molecule has 4 atom stereocenters. The van der Waals surface area contributed by atoms with Crippen molar-refractivity contribution in [2.45, 2.75) is 83.8 Å². The third-order valence-electron chi connectivity index (χ3n) is 10.1. The van der Waals surface area contributed by atoms with Crippen molar-refractivity contribution in [3.8, 4) is 0 Å². The third kappa shape index (κ3) is 8.12. The highest BCUT2D eigenvalue weighted by Crippen LogP contribution is 2.46. The Kier molecular flexibility index (Phi) is 10.8. The van der Waals surface area contributed by atoms with Crippen LogP contribution in [0.2, 0.25) is 0 Å². The Balaban J connectivity index is 1.34. The number of nitro benzene ring substituents is 1. The molecule has 4 unspecified atom stereocenters. The van der Waals surface area contributed by atoms with Crippen LogP contribution in [0.1, 0.15) is 75.0 Å². The second-order valence-electron chi connectivity index (χ2n) is 14.3. The van der Waals surface area contributed by atoms with Crippen LogP contribution in [0.3, 0.4) is 0 Å². The summed E-state index contributed by atoms with van der Waals surface area (Å²) in [5, 5.41) is 19.4. The van der Waals surface area contributed by atoms with E-state index in [1.54, 1.807) is 24.3 Å². The number of ether oxygens (including phenoxy) is 3. The summed E-state index contributed by atoms with van der Waals surface area (Å²) in [7, 11) is 1.43. The first-order chi connectivity index (χ1) is 24.5. The van der Waals surface area contributed by atoms with Gasteiger partial charge < -0.3 is 14.2 Å². The molecule has 2 heterocycles. The average molecular weight is 697 g/mol. The van der Waals surface area contributed by atoms with E-state index in [0.717, 1.165) is 42.6 Å². The Labute approximate surface area is 297 Å². The molecule has 1 aliphatic carbocycles. The van der Waals surface area contributed by atoms with Gasteiger partial charge in [0, 0.05) is 25.6 Å². The monoisotopic (exact) mass is 696 g/mol. The number of hydrogen-bond acceptors (Lipinski definition) is 10. The van der Waals surface area contributed by atoms with Crippen LogP contribution in [0.4, 0.5) is 16.2 Å². The minimum atomic E-state index is -1.67. The first-order valence-corrected chi connectivity index (χ1v) is 17.5. The minimum Gasteiger partial charge on any atom is -0.460 e. The molecule has 0 aromatic heterocycles. The van der Waals surface area contributed by atoms with E-state index in [0.29, 0.717) is 18.6 Å². The molecule has 3 aromatic rings. The van der Waals surface area contributed by atoms with Gasteiger partial charge in [-0.05, 0) is 67.2 Å². The van der Waals surface area contributed by atoms with Crippen molar-refractivity contribution in [3.05, 3.63) is 106 Å². The van der Waals surface area contributed by atoms with Crippen LogP contribution in [0.25, 0.3) is 0 Å². The molecule has 3 aromatic carbocycles. The number of carbonyl (C=O) groups excluding carboxylic acids is 3. The molecule has 268 valence electrons. The van der Waals surface area contributed by atoms with Crippen LogP contribution >= 0.6 is 0 Å². The van der Waals surface area contributed by atoms with Gasteiger partial charge in [-0.2, -0.15) is 5.10 Å². The molecular weight excluding hydrogens is 652 g/mol. The number of amides is 1. The SMILES string of the molecule is CN(C(=O)OCc1ccccc1)c1ccc(C(C(=O)OCc2ccccc2)C(=O)C2=NN(C3CCCCO3)C3CC(C)(C)CCC23)c([N+](=O)[O-])c1. The third-order valence-corrected chi connectivity index (χ3v) is 10.1. The van der Waals surface area contributed by atoms with Crippen LogP contribution in [-0.2, 0) is 37.0 Å². The van der Waals surface area contributed by atoms with Crippen molar-refractivity contribution in [1.82, 2.24) is 5.01 Å². The molecule has 0 spiro atoms. The predicted molar refractivity (Wildman–Crippen MR) is 190 cm³/mol. The maximum absolute atomic E-state index is 14.8. The number of Topliss-reactive ketones (excluding diaryl/α,β-unsaturated/α-hetero) is 1. The highest BCUT2D eigenvalue weighted by atomic mass is 16.6. The average Bonchev–Trinajstić information content (AvgIpc) is 3.51. The zero-order valence-corrected chi connectivity index (χ0v) is 29.2. The number of fused-ring (bicyclic) bond motifs is 1. The molecule has 3 aliphatic rings. The van der Waals surface area contributed by atoms with Crippen LogP contribution in [0.15, 0.2) is 84.0 Å². The summed E-state index contributed by atoms with van der Waals surface area (Å²) in [5.74, 6) is -3.49. The van der Waals surface area contributed by atoms with Crippen molar-refractivity contribution in [3.63, 3.8) is 0 Å². The summed E-state index contributed by atoms with van der Waals surface area (Å²) in [6, 6.07) is 22.0. The van der Waals surface area contributed by atoms with Gasteiger partial charge in [-0.25, -0.2) is 4.79 Å². The first-order valence-electron chi connectivity index (χ1n) is 17.5.